The minimum atomic E-state index is 0.0891. The third-order valence-electron chi connectivity index (χ3n) is 1.75. The van der Waals surface area contributed by atoms with Gasteiger partial charge in [-0.1, -0.05) is 0 Å². The van der Waals surface area contributed by atoms with Gasteiger partial charge in [-0.2, -0.15) is 0 Å². The number of ether oxygens (including phenoxy) is 1. The fourth-order valence-electron chi connectivity index (χ4n) is 1.06. The first-order valence-corrected chi connectivity index (χ1v) is 5.13. The molecule has 0 amide bonds. The van der Waals surface area contributed by atoms with Crippen LogP contribution in [0.25, 0.3) is 0 Å². The minimum Gasteiger partial charge on any atom is -0.383 e. The maximum Gasteiger partial charge on any atom is 0.140 e. The summed E-state index contributed by atoms with van der Waals surface area (Å²) in [5.41, 5.74) is 5.57. The number of halogens is 1. The molecule has 0 aliphatic rings. The van der Waals surface area contributed by atoms with Crippen LogP contribution in [0.2, 0.25) is 0 Å². The molecule has 1 heterocycles. The summed E-state index contributed by atoms with van der Waals surface area (Å²) in [7, 11) is 1.65. The van der Waals surface area contributed by atoms with E-state index in [0.717, 1.165) is 10.3 Å². The van der Waals surface area contributed by atoms with Gasteiger partial charge in [0, 0.05) is 19.9 Å². The van der Waals surface area contributed by atoms with Gasteiger partial charge < -0.3 is 15.8 Å². The number of hydrogen-bond acceptors (Lipinski definition) is 4. The first-order valence-electron chi connectivity index (χ1n) is 4.34. The Balaban J connectivity index is 2.62. The second kappa shape index (κ2) is 5.95. The van der Waals surface area contributed by atoms with Crippen LogP contribution >= 0.6 is 15.9 Å². The van der Waals surface area contributed by atoms with Gasteiger partial charge in [0.2, 0.25) is 0 Å². The Morgan fingerprint density at radius 2 is 2.50 bits per heavy atom. The molecule has 0 aromatic carbocycles. The van der Waals surface area contributed by atoms with E-state index in [1.54, 1.807) is 13.3 Å². The number of anilines is 1. The number of nitrogens with zero attached hydrogens (tertiary/aromatic N) is 1. The second-order valence-corrected chi connectivity index (χ2v) is 3.72. The Bertz CT molecular complexity index is 283. The van der Waals surface area contributed by atoms with Crippen LogP contribution in [0, 0.1) is 0 Å². The van der Waals surface area contributed by atoms with Gasteiger partial charge in [0.15, 0.2) is 0 Å². The summed E-state index contributed by atoms with van der Waals surface area (Å²) in [6.45, 7) is 1.08. The van der Waals surface area contributed by atoms with Gasteiger partial charge in [-0.05, 0) is 28.1 Å². The van der Waals surface area contributed by atoms with Gasteiger partial charge in [-0.3, -0.25) is 0 Å². The molecule has 1 atom stereocenters. The quantitative estimate of drug-likeness (QED) is 0.836. The highest BCUT2D eigenvalue weighted by atomic mass is 79.9. The molecule has 1 rings (SSSR count). The zero-order valence-electron chi connectivity index (χ0n) is 8.03. The molecule has 1 aromatic heterocycles. The maximum absolute atomic E-state index is 5.57. The highest BCUT2D eigenvalue weighted by Gasteiger charge is 2.08. The minimum absolute atomic E-state index is 0.0891. The van der Waals surface area contributed by atoms with Crippen molar-refractivity contribution in [3.05, 3.63) is 22.8 Å². The molecule has 0 saturated heterocycles. The highest BCUT2D eigenvalue weighted by molar-refractivity contribution is 9.10. The van der Waals surface area contributed by atoms with E-state index in [0.29, 0.717) is 13.2 Å². The molecule has 5 heteroatoms. The van der Waals surface area contributed by atoms with Gasteiger partial charge >= 0.3 is 0 Å². The molecule has 1 unspecified atom stereocenters. The summed E-state index contributed by atoms with van der Waals surface area (Å²) in [4.78, 5) is 4.18. The average Bonchev–Trinajstić information content (AvgIpc) is 2.20. The summed E-state index contributed by atoms with van der Waals surface area (Å²) in [5, 5.41) is 3.19. The lowest BCUT2D eigenvalue weighted by molar-refractivity contribution is 0.187. The highest BCUT2D eigenvalue weighted by Crippen LogP contribution is 2.18. The van der Waals surface area contributed by atoms with Crippen LogP contribution in [0.4, 0.5) is 5.82 Å². The molecule has 0 aliphatic carbocycles. The van der Waals surface area contributed by atoms with Crippen LogP contribution in [0.3, 0.4) is 0 Å². The number of aromatic nitrogens is 1. The van der Waals surface area contributed by atoms with Crippen molar-refractivity contribution in [1.82, 2.24) is 4.98 Å². The largest absolute Gasteiger partial charge is 0.383 e. The van der Waals surface area contributed by atoms with E-state index in [1.807, 2.05) is 12.1 Å². The summed E-state index contributed by atoms with van der Waals surface area (Å²) in [5.74, 6) is 0.792. The van der Waals surface area contributed by atoms with E-state index in [1.165, 1.54) is 0 Å². The van der Waals surface area contributed by atoms with Gasteiger partial charge in [-0.25, -0.2) is 4.98 Å². The van der Waals surface area contributed by atoms with Crippen molar-refractivity contribution in [2.24, 2.45) is 5.73 Å². The molecule has 78 valence electrons. The topological polar surface area (TPSA) is 60.2 Å². The van der Waals surface area contributed by atoms with Gasteiger partial charge in [0.1, 0.15) is 5.82 Å². The van der Waals surface area contributed by atoms with Gasteiger partial charge in [0.05, 0.1) is 17.1 Å². The average molecular weight is 260 g/mol. The zero-order valence-corrected chi connectivity index (χ0v) is 9.62. The van der Waals surface area contributed by atoms with E-state index in [4.69, 9.17) is 10.5 Å². The maximum atomic E-state index is 5.57. The smallest absolute Gasteiger partial charge is 0.140 e. The molecule has 0 spiro atoms. The molecule has 14 heavy (non-hydrogen) atoms. The Morgan fingerprint density at radius 1 is 1.71 bits per heavy atom. The van der Waals surface area contributed by atoms with Crippen molar-refractivity contribution in [2.45, 2.75) is 6.04 Å². The van der Waals surface area contributed by atoms with Gasteiger partial charge in [0.25, 0.3) is 0 Å². The predicted octanol–water partition coefficient (Wildman–Crippen LogP) is 1.23. The standard InChI is InChI=1S/C9H14BrN3O/c1-14-6-7(5-11)13-9-8(10)3-2-4-12-9/h2-4,7H,5-6,11H2,1H3,(H,12,13). The molecule has 1 aromatic rings. The van der Waals surface area contributed by atoms with E-state index in [2.05, 4.69) is 26.2 Å². The number of nitrogens with two attached hydrogens (primary N) is 1. The third kappa shape index (κ3) is 3.25. The number of methoxy groups -OCH3 is 1. The number of rotatable bonds is 5. The lowest BCUT2D eigenvalue weighted by atomic mass is 10.3. The van der Waals surface area contributed by atoms with Crippen LogP contribution in [0.5, 0.6) is 0 Å². The lowest BCUT2D eigenvalue weighted by Crippen LogP contribution is -2.33. The second-order valence-electron chi connectivity index (χ2n) is 2.87. The fourth-order valence-corrected chi connectivity index (χ4v) is 1.42. The first kappa shape index (κ1) is 11.4. The summed E-state index contributed by atoms with van der Waals surface area (Å²) in [6.07, 6.45) is 1.73. The zero-order chi connectivity index (χ0) is 10.4. The van der Waals surface area contributed by atoms with Crippen molar-refractivity contribution in [1.29, 1.82) is 0 Å². The molecule has 0 radical (unpaired) electrons. The summed E-state index contributed by atoms with van der Waals surface area (Å²) < 4.78 is 5.95. The number of hydrogen-bond donors (Lipinski definition) is 2. The SMILES string of the molecule is COCC(CN)Nc1ncccc1Br. The van der Waals surface area contributed by atoms with Crippen LogP contribution in [-0.4, -0.2) is 31.3 Å². The van der Waals surface area contributed by atoms with E-state index in [9.17, 15) is 0 Å². The normalized spacial score (nSPS) is 12.5. The molecule has 4 nitrogen and oxygen atoms in total. The number of nitrogens with one attached hydrogen (secondary N) is 1. The van der Waals surface area contributed by atoms with E-state index >= 15 is 0 Å². The Kier molecular flexibility index (Phi) is 4.86. The van der Waals surface area contributed by atoms with Crippen molar-refractivity contribution >= 4 is 21.7 Å². The molecular weight excluding hydrogens is 246 g/mol. The Labute approximate surface area is 92.0 Å². The van der Waals surface area contributed by atoms with Crippen molar-refractivity contribution in [3.63, 3.8) is 0 Å². The van der Waals surface area contributed by atoms with E-state index in [-0.39, 0.29) is 6.04 Å². The van der Waals surface area contributed by atoms with Crippen molar-refractivity contribution in [3.8, 4) is 0 Å². The Morgan fingerprint density at radius 3 is 3.07 bits per heavy atom. The van der Waals surface area contributed by atoms with Crippen molar-refractivity contribution < 1.29 is 4.74 Å². The summed E-state index contributed by atoms with van der Waals surface area (Å²) >= 11 is 3.40. The molecule has 3 N–H and O–H groups in total. The first-order chi connectivity index (χ1) is 6.77. The molecule has 0 saturated carbocycles. The Hall–Kier alpha value is -0.650. The van der Waals surface area contributed by atoms with Crippen LogP contribution in [0.1, 0.15) is 0 Å². The number of pyridine rings is 1. The summed E-state index contributed by atoms with van der Waals surface area (Å²) in [6, 6.07) is 3.88. The molecule has 0 fully saturated rings. The monoisotopic (exact) mass is 259 g/mol. The van der Waals surface area contributed by atoms with E-state index < -0.39 is 0 Å². The fraction of sp³-hybridized carbons (Fsp3) is 0.444. The van der Waals surface area contributed by atoms with Crippen LogP contribution in [-0.2, 0) is 4.74 Å². The predicted molar refractivity (Wildman–Crippen MR) is 60.3 cm³/mol. The molecule has 0 aliphatic heterocycles. The lowest BCUT2D eigenvalue weighted by Gasteiger charge is -2.16. The molecular formula is C9H14BrN3O. The van der Waals surface area contributed by atoms with Gasteiger partial charge in [-0.15, -0.1) is 0 Å². The third-order valence-corrected chi connectivity index (χ3v) is 2.39. The van der Waals surface area contributed by atoms with Crippen molar-refractivity contribution in [2.75, 3.05) is 25.6 Å². The van der Waals surface area contributed by atoms with Crippen LogP contribution < -0.4 is 11.1 Å². The van der Waals surface area contributed by atoms with Crippen LogP contribution in [0.15, 0.2) is 22.8 Å². The molecule has 0 bridgehead atoms.